The quantitative estimate of drug-likeness (QED) is 0.643. The minimum atomic E-state index is -3.04. The Morgan fingerprint density at radius 2 is 2.11 bits per heavy atom. The van der Waals surface area contributed by atoms with E-state index in [0.29, 0.717) is 12.8 Å². The fourth-order valence-electron chi connectivity index (χ4n) is 2.11. The standard InChI is InChI=1S/C11H20N2O5S/c1-2-3-8(6-10(14)15)12-11(16)13-9-4-5-19(17,18)7-9/h8-9H,2-7H2,1H3,(H,14,15)(H2,12,13,16). The monoisotopic (exact) mass is 292 g/mol. The summed E-state index contributed by atoms with van der Waals surface area (Å²) in [6.07, 6.45) is 1.61. The van der Waals surface area contributed by atoms with E-state index in [4.69, 9.17) is 5.11 Å². The Morgan fingerprint density at radius 3 is 2.58 bits per heavy atom. The summed E-state index contributed by atoms with van der Waals surface area (Å²) in [7, 11) is -3.04. The number of rotatable bonds is 6. The van der Waals surface area contributed by atoms with Gasteiger partial charge in [0, 0.05) is 12.1 Å². The molecule has 2 unspecified atom stereocenters. The van der Waals surface area contributed by atoms with Crippen molar-refractivity contribution in [3.63, 3.8) is 0 Å². The predicted octanol–water partition coefficient (Wildman–Crippen LogP) is 0.116. The summed E-state index contributed by atoms with van der Waals surface area (Å²) in [6, 6.07) is -1.31. The number of carbonyl (C=O) groups excluding carboxylic acids is 1. The molecule has 8 heteroatoms. The fourth-order valence-corrected chi connectivity index (χ4v) is 3.78. The van der Waals surface area contributed by atoms with Crippen LogP contribution < -0.4 is 10.6 Å². The highest BCUT2D eigenvalue weighted by atomic mass is 32.2. The molecule has 19 heavy (non-hydrogen) atoms. The first-order valence-electron chi connectivity index (χ1n) is 6.31. The van der Waals surface area contributed by atoms with Crippen molar-refractivity contribution >= 4 is 21.8 Å². The number of carboxylic acid groups (broad SMARTS) is 1. The van der Waals surface area contributed by atoms with Gasteiger partial charge in [0.1, 0.15) is 0 Å². The van der Waals surface area contributed by atoms with Crippen LogP contribution in [-0.2, 0) is 14.6 Å². The fraction of sp³-hybridized carbons (Fsp3) is 0.818. The first-order chi connectivity index (χ1) is 8.82. The van der Waals surface area contributed by atoms with Gasteiger partial charge in [0.25, 0.3) is 0 Å². The minimum absolute atomic E-state index is 0.0439. The van der Waals surface area contributed by atoms with E-state index in [1.165, 1.54) is 0 Å². The van der Waals surface area contributed by atoms with Gasteiger partial charge in [-0.3, -0.25) is 4.79 Å². The molecule has 0 aromatic carbocycles. The van der Waals surface area contributed by atoms with Gasteiger partial charge < -0.3 is 15.7 Å². The normalized spacial score (nSPS) is 22.7. The molecule has 1 aliphatic heterocycles. The molecule has 1 heterocycles. The third-order valence-electron chi connectivity index (χ3n) is 2.96. The number of carbonyl (C=O) groups is 2. The Morgan fingerprint density at radius 1 is 1.42 bits per heavy atom. The van der Waals surface area contributed by atoms with Gasteiger partial charge in [0.2, 0.25) is 0 Å². The van der Waals surface area contributed by atoms with E-state index in [9.17, 15) is 18.0 Å². The predicted molar refractivity (Wildman–Crippen MR) is 69.7 cm³/mol. The van der Waals surface area contributed by atoms with Crippen LogP contribution in [-0.4, -0.2) is 49.1 Å². The lowest BCUT2D eigenvalue weighted by atomic mass is 10.1. The van der Waals surface area contributed by atoms with Crippen molar-refractivity contribution in [2.45, 2.75) is 44.7 Å². The van der Waals surface area contributed by atoms with E-state index >= 15 is 0 Å². The highest BCUT2D eigenvalue weighted by Gasteiger charge is 2.29. The maximum Gasteiger partial charge on any atom is 0.315 e. The van der Waals surface area contributed by atoms with Crippen LogP contribution in [0.15, 0.2) is 0 Å². The van der Waals surface area contributed by atoms with Crippen molar-refractivity contribution < 1.29 is 23.1 Å². The van der Waals surface area contributed by atoms with Gasteiger partial charge >= 0.3 is 12.0 Å². The van der Waals surface area contributed by atoms with Crippen molar-refractivity contribution in [2.24, 2.45) is 0 Å². The molecule has 0 saturated carbocycles. The van der Waals surface area contributed by atoms with Crippen molar-refractivity contribution in [3.8, 4) is 0 Å². The van der Waals surface area contributed by atoms with Gasteiger partial charge in [-0.2, -0.15) is 0 Å². The van der Waals surface area contributed by atoms with Crippen molar-refractivity contribution in [3.05, 3.63) is 0 Å². The molecule has 110 valence electrons. The second kappa shape index (κ2) is 6.74. The number of nitrogens with one attached hydrogen (secondary N) is 2. The molecule has 1 fully saturated rings. The van der Waals surface area contributed by atoms with E-state index in [1.807, 2.05) is 6.92 Å². The summed E-state index contributed by atoms with van der Waals surface area (Å²) >= 11 is 0. The number of carboxylic acids is 1. The van der Waals surface area contributed by atoms with Crippen LogP contribution in [0, 0.1) is 0 Å². The molecule has 2 amide bonds. The molecule has 0 aliphatic carbocycles. The summed E-state index contributed by atoms with van der Waals surface area (Å²) < 4.78 is 22.5. The number of hydrogen-bond acceptors (Lipinski definition) is 4. The van der Waals surface area contributed by atoms with E-state index in [-0.39, 0.29) is 24.0 Å². The van der Waals surface area contributed by atoms with Crippen LogP contribution in [0.4, 0.5) is 4.79 Å². The minimum Gasteiger partial charge on any atom is -0.481 e. The summed E-state index contributed by atoms with van der Waals surface area (Å²) in [5.41, 5.74) is 0. The summed E-state index contributed by atoms with van der Waals surface area (Å²) in [6.45, 7) is 1.90. The number of urea groups is 1. The Labute approximate surface area is 112 Å². The zero-order valence-corrected chi connectivity index (χ0v) is 11.7. The van der Waals surface area contributed by atoms with E-state index in [0.717, 1.165) is 6.42 Å². The molecule has 0 radical (unpaired) electrons. The number of hydrogen-bond donors (Lipinski definition) is 3. The molecule has 3 N–H and O–H groups in total. The van der Waals surface area contributed by atoms with Gasteiger partial charge in [-0.25, -0.2) is 13.2 Å². The lowest BCUT2D eigenvalue weighted by Gasteiger charge is -2.18. The molecule has 7 nitrogen and oxygen atoms in total. The lowest BCUT2D eigenvalue weighted by molar-refractivity contribution is -0.137. The van der Waals surface area contributed by atoms with Gasteiger partial charge in [-0.05, 0) is 12.8 Å². The van der Waals surface area contributed by atoms with Gasteiger partial charge in [-0.1, -0.05) is 13.3 Å². The maximum atomic E-state index is 11.7. The van der Waals surface area contributed by atoms with Crippen LogP contribution in [0.3, 0.4) is 0 Å². The molecule has 1 rings (SSSR count). The first kappa shape index (κ1) is 15.7. The Balaban J connectivity index is 2.42. The number of aliphatic carboxylic acids is 1. The molecule has 1 aliphatic rings. The first-order valence-corrected chi connectivity index (χ1v) is 8.13. The molecule has 1 saturated heterocycles. The molecular formula is C11H20N2O5S. The van der Waals surface area contributed by atoms with Gasteiger partial charge in [-0.15, -0.1) is 0 Å². The Hall–Kier alpha value is -1.31. The molecule has 0 aromatic rings. The van der Waals surface area contributed by atoms with E-state index in [2.05, 4.69) is 10.6 Å². The smallest absolute Gasteiger partial charge is 0.315 e. The summed E-state index contributed by atoms with van der Waals surface area (Å²) in [4.78, 5) is 22.3. The van der Waals surface area contributed by atoms with Crippen molar-refractivity contribution in [1.29, 1.82) is 0 Å². The largest absolute Gasteiger partial charge is 0.481 e. The molecule has 0 aromatic heterocycles. The highest BCUT2D eigenvalue weighted by molar-refractivity contribution is 7.91. The van der Waals surface area contributed by atoms with Crippen molar-refractivity contribution in [1.82, 2.24) is 10.6 Å². The molecular weight excluding hydrogens is 272 g/mol. The second-order valence-corrected chi connectivity index (χ2v) is 7.03. The average molecular weight is 292 g/mol. The second-order valence-electron chi connectivity index (χ2n) is 4.80. The summed E-state index contributed by atoms with van der Waals surface area (Å²) in [5.74, 6) is -0.925. The topological polar surface area (TPSA) is 113 Å². The summed E-state index contributed by atoms with van der Waals surface area (Å²) in [5, 5.41) is 13.9. The average Bonchev–Trinajstić information content (AvgIpc) is 2.56. The van der Waals surface area contributed by atoms with Crippen LogP contribution in [0.5, 0.6) is 0 Å². The highest BCUT2D eigenvalue weighted by Crippen LogP contribution is 2.11. The number of amides is 2. The number of sulfone groups is 1. The molecule has 2 atom stereocenters. The zero-order chi connectivity index (χ0) is 14.5. The Bertz CT molecular complexity index is 434. The van der Waals surface area contributed by atoms with Crippen LogP contribution in [0.2, 0.25) is 0 Å². The van der Waals surface area contributed by atoms with E-state index in [1.54, 1.807) is 0 Å². The third kappa shape index (κ3) is 5.91. The van der Waals surface area contributed by atoms with Crippen molar-refractivity contribution in [2.75, 3.05) is 11.5 Å². The van der Waals surface area contributed by atoms with E-state index < -0.39 is 27.9 Å². The molecule has 0 bridgehead atoms. The Kier molecular flexibility index (Phi) is 5.59. The SMILES string of the molecule is CCCC(CC(=O)O)NC(=O)NC1CCS(=O)(=O)C1. The third-order valence-corrected chi connectivity index (χ3v) is 4.73. The molecule has 0 spiro atoms. The van der Waals surface area contributed by atoms with Crippen LogP contribution in [0.1, 0.15) is 32.6 Å². The van der Waals surface area contributed by atoms with Crippen LogP contribution >= 0.6 is 0 Å². The zero-order valence-electron chi connectivity index (χ0n) is 10.9. The van der Waals surface area contributed by atoms with Gasteiger partial charge in [0.05, 0.1) is 17.9 Å². The maximum absolute atomic E-state index is 11.7. The van der Waals surface area contributed by atoms with Gasteiger partial charge in [0.15, 0.2) is 9.84 Å². The lowest BCUT2D eigenvalue weighted by Crippen LogP contribution is -2.47. The van der Waals surface area contributed by atoms with Crippen LogP contribution in [0.25, 0.3) is 0 Å².